The molecule has 56 heavy (non-hydrogen) atoms. The van der Waals surface area contributed by atoms with Crippen LogP contribution in [0.2, 0.25) is 10.0 Å². The van der Waals surface area contributed by atoms with Gasteiger partial charge in [-0.2, -0.15) is 4.73 Å². The van der Waals surface area contributed by atoms with Crippen LogP contribution in [0.3, 0.4) is 0 Å². The van der Waals surface area contributed by atoms with Crippen molar-refractivity contribution in [3.63, 3.8) is 0 Å². The quantitative estimate of drug-likeness (QED) is 0.0672. The van der Waals surface area contributed by atoms with Crippen molar-refractivity contribution in [1.29, 1.82) is 0 Å². The number of nitrogens with one attached hydrogen (secondary N) is 1. The Morgan fingerprint density at radius 2 is 1.64 bits per heavy atom. The summed E-state index contributed by atoms with van der Waals surface area (Å²) < 4.78 is 35.2. The summed E-state index contributed by atoms with van der Waals surface area (Å²) in [4.78, 5) is 29.5. The molecule has 0 radical (unpaired) electrons. The molecule has 5 heterocycles. The van der Waals surface area contributed by atoms with E-state index in [1.54, 1.807) is 30.3 Å². The Morgan fingerprint density at radius 3 is 2.34 bits per heavy atom. The molecule has 2 bridgehead atoms. The standard InChI is InChI=1S/C42H41Cl2N3O9/c1-51-35-12-11-28(20-37(35)52-2)36(21-32-33(43)22-47(50)23-34(32)44)55-41(48)40-30(15-18-53-40)25-54-31-10-6-9-29(19-31)39(27-7-4-3-5-8-27)45-42(49)56-38-24-46-16-13-26(38)14-17-46/h3-12,15,18-20,22-23,26,36,38-39H,13-14,16-17,21,24-25H2,1-2H3,(H,45,49)/t36?,38-,39-/m0/s1. The van der Waals surface area contributed by atoms with Crippen molar-refractivity contribution in [3.05, 3.63) is 146 Å². The molecule has 1 N–H and O–H groups in total. The van der Waals surface area contributed by atoms with Crippen LogP contribution in [0, 0.1) is 11.1 Å². The van der Waals surface area contributed by atoms with E-state index in [-0.39, 0.29) is 34.9 Å². The van der Waals surface area contributed by atoms with E-state index >= 15 is 0 Å². The highest BCUT2D eigenvalue weighted by atomic mass is 35.5. The number of furan rings is 1. The molecule has 1 amide bonds. The lowest BCUT2D eigenvalue weighted by molar-refractivity contribution is -0.605. The number of alkyl carbamates (subject to hydrolysis) is 1. The first-order valence-electron chi connectivity index (χ1n) is 18.2. The Balaban J connectivity index is 1.07. The van der Waals surface area contributed by atoms with Crippen LogP contribution in [0.1, 0.15) is 63.4 Å². The minimum absolute atomic E-state index is 0.0307. The molecule has 292 valence electrons. The van der Waals surface area contributed by atoms with Gasteiger partial charge in [0.2, 0.25) is 5.76 Å². The van der Waals surface area contributed by atoms with E-state index < -0.39 is 24.2 Å². The summed E-state index contributed by atoms with van der Waals surface area (Å²) >= 11 is 12.8. The van der Waals surface area contributed by atoms with Crippen LogP contribution in [0.5, 0.6) is 17.2 Å². The van der Waals surface area contributed by atoms with E-state index in [2.05, 4.69) is 10.2 Å². The van der Waals surface area contributed by atoms with E-state index in [1.807, 2.05) is 48.5 Å². The number of carbonyl (C=O) groups excluding carboxylic acids is 2. The number of hydrogen-bond acceptors (Lipinski definition) is 10. The highest BCUT2D eigenvalue weighted by Crippen LogP contribution is 2.36. The van der Waals surface area contributed by atoms with Gasteiger partial charge in [0.1, 0.15) is 34.6 Å². The van der Waals surface area contributed by atoms with E-state index in [0.717, 1.165) is 43.6 Å². The predicted molar refractivity (Wildman–Crippen MR) is 207 cm³/mol. The third kappa shape index (κ3) is 8.99. The second kappa shape index (κ2) is 17.6. The fraction of sp³-hybridized carbons (Fsp3) is 0.310. The average Bonchev–Trinajstić information content (AvgIpc) is 3.69. The zero-order valence-electron chi connectivity index (χ0n) is 30.8. The number of carbonyl (C=O) groups is 2. The van der Waals surface area contributed by atoms with Crippen LogP contribution in [0.4, 0.5) is 4.79 Å². The lowest BCUT2D eigenvalue weighted by Crippen LogP contribution is -2.52. The molecule has 12 nitrogen and oxygen atoms in total. The fourth-order valence-electron chi connectivity index (χ4n) is 7.29. The minimum atomic E-state index is -0.935. The SMILES string of the molecule is COc1ccc(C(Cc2c(Cl)c[n+]([O-])cc2Cl)OC(=O)c2occc2COc2cccc([C@@H](NC(=O)O[C@H]3CN4CCC3CC4)c3ccccc3)c2)cc1OC. The van der Waals surface area contributed by atoms with Crippen molar-refractivity contribution in [1.82, 2.24) is 10.2 Å². The van der Waals surface area contributed by atoms with Gasteiger partial charge >= 0.3 is 12.1 Å². The van der Waals surface area contributed by atoms with Crippen molar-refractivity contribution < 1.29 is 42.4 Å². The Labute approximate surface area is 334 Å². The first-order valence-corrected chi connectivity index (χ1v) is 19.0. The van der Waals surface area contributed by atoms with Gasteiger partial charge in [0.25, 0.3) is 0 Å². The number of nitrogens with zero attached hydrogens (tertiary/aromatic N) is 2. The van der Waals surface area contributed by atoms with Crippen LogP contribution in [0.25, 0.3) is 0 Å². The number of rotatable bonds is 14. The van der Waals surface area contributed by atoms with Crippen molar-refractivity contribution >= 4 is 35.3 Å². The molecule has 1 unspecified atom stereocenters. The molecule has 0 aliphatic carbocycles. The minimum Gasteiger partial charge on any atom is -0.619 e. The maximum atomic E-state index is 13.8. The Bertz CT molecular complexity index is 2130. The number of fused-ring (bicyclic) bond motifs is 3. The van der Waals surface area contributed by atoms with Crippen LogP contribution in [0.15, 0.2) is 102 Å². The summed E-state index contributed by atoms with van der Waals surface area (Å²) in [6.07, 6.45) is 4.30. The van der Waals surface area contributed by atoms with Crippen LogP contribution in [-0.4, -0.2) is 56.9 Å². The number of piperidine rings is 3. The third-order valence-corrected chi connectivity index (χ3v) is 10.9. The average molecular weight is 803 g/mol. The molecular weight excluding hydrogens is 761 g/mol. The summed E-state index contributed by atoms with van der Waals surface area (Å²) in [5, 5.41) is 15.3. The molecule has 3 aromatic carbocycles. The lowest BCUT2D eigenvalue weighted by Gasteiger charge is -2.43. The zero-order chi connectivity index (χ0) is 39.2. The number of pyridine rings is 1. The molecule has 3 atom stereocenters. The van der Waals surface area contributed by atoms with Crippen molar-refractivity contribution in [3.8, 4) is 17.2 Å². The molecule has 3 aliphatic heterocycles. The molecule has 5 aromatic rings. The number of hydrogen-bond donors (Lipinski definition) is 1. The molecule has 3 saturated heterocycles. The summed E-state index contributed by atoms with van der Waals surface area (Å²) in [5.41, 5.74) is 3.06. The second-order valence-corrected chi connectivity index (χ2v) is 14.5. The predicted octanol–water partition coefficient (Wildman–Crippen LogP) is 7.87. The first kappa shape index (κ1) is 38.8. The number of amides is 1. The number of esters is 1. The Morgan fingerprint density at radius 1 is 0.911 bits per heavy atom. The van der Waals surface area contributed by atoms with E-state index in [0.29, 0.717) is 44.6 Å². The molecule has 0 saturated carbocycles. The maximum absolute atomic E-state index is 13.8. The normalized spacial score (nSPS) is 18.4. The summed E-state index contributed by atoms with van der Waals surface area (Å²) in [5.74, 6) is 0.956. The molecular formula is C42H41Cl2N3O9. The zero-order valence-corrected chi connectivity index (χ0v) is 32.3. The summed E-state index contributed by atoms with van der Waals surface area (Å²) in [7, 11) is 3.01. The molecule has 14 heteroatoms. The highest BCUT2D eigenvalue weighted by molar-refractivity contribution is 6.35. The van der Waals surface area contributed by atoms with Gasteiger partial charge in [-0.25, -0.2) is 9.59 Å². The topological polar surface area (TPSA) is 136 Å². The smallest absolute Gasteiger partial charge is 0.408 e. The van der Waals surface area contributed by atoms with Crippen molar-refractivity contribution in [2.24, 2.45) is 5.92 Å². The van der Waals surface area contributed by atoms with Gasteiger partial charge in [-0.3, -0.25) is 4.90 Å². The number of ether oxygens (including phenoxy) is 5. The second-order valence-electron chi connectivity index (χ2n) is 13.7. The number of benzene rings is 3. The third-order valence-electron chi connectivity index (χ3n) is 10.2. The van der Waals surface area contributed by atoms with Gasteiger partial charge in [0, 0.05) is 24.1 Å². The summed E-state index contributed by atoms with van der Waals surface area (Å²) in [6.45, 7) is 2.83. The van der Waals surface area contributed by atoms with Gasteiger partial charge in [0.05, 0.1) is 26.5 Å². The molecule has 3 aliphatic rings. The Hall–Kier alpha value is -5.43. The molecule has 0 spiro atoms. The van der Waals surface area contributed by atoms with Crippen molar-refractivity contribution in [2.45, 2.75) is 44.1 Å². The van der Waals surface area contributed by atoms with Crippen LogP contribution < -0.4 is 24.3 Å². The van der Waals surface area contributed by atoms with Gasteiger partial charge < -0.3 is 38.6 Å². The van der Waals surface area contributed by atoms with Crippen LogP contribution in [-0.2, 0) is 22.5 Å². The van der Waals surface area contributed by atoms with Crippen LogP contribution >= 0.6 is 23.2 Å². The lowest BCUT2D eigenvalue weighted by atomic mass is 9.86. The van der Waals surface area contributed by atoms with E-state index in [9.17, 15) is 14.8 Å². The molecule has 2 aromatic heterocycles. The molecule has 8 rings (SSSR count). The number of methoxy groups -OCH3 is 2. The first-order chi connectivity index (χ1) is 27.2. The monoisotopic (exact) mass is 801 g/mol. The van der Waals surface area contributed by atoms with Crippen molar-refractivity contribution in [2.75, 3.05) is 33.9 Å². The maximum Gasteiger partial charge on any atom is 0.408 e. The van der Waals surface area contributed by atoms with Gasteiger partial charge in [-0.05, 0) is 78.9 Å². The number of aromatic nitrogens is 1. The van der Waals surface area contributed by atoms with Gasteiger partial charge in [0.15, 0.2) is 23.9 Å². The van der Waals surface area contributed by atoms with Gasteiger partial charge in [-0.15, -0.1) is 0 Å². The number of halogens is 2. The van der Waals surface area contributed by atoms with E-state index in [4.69, 9.17) is 51.3 Å². The fourth-order valence-corrected chi connectivity index (χ4v) is 7.88. The van der Waals surface area contributed by atoms with E-state index in [1.165, 1.54) is 32.9 Å². The summed E-state index contributed by atoms with van der Waals surface area (Å²) in [6, 6.07) is 23.3. The van der Waals surface area contributed by atoms with Gasteiger partial charge in [-0.1, -0.05) is 71.7 Å². The highest BCUT2D eigenvalue weighted by Gasteiger charge is 2.37. The largest absolute Gasteiger partial charge is 0.619 e. The Kier molecular flexibility index (Phi) is 12.2. The molecule has 3 fully saturated rings.